The van der Waals surface area contributed by atoms with Crippen LogP contribution in [-0.4, -0.2) is 9.97 Å². The molecule has 0 amide bonds. The molecule has 0 spiro atoms. The van der Waals surface area contributed by atoms with E-state index in [9.17, 15) is 0 Å². The number of para-hydroxylation sites is 1. The van der Waals surface area contributed by atoms with Gasteiger partial charge in [0.25, 0.3) is 0 Å². The Labute approximate surface area is 272 Å². The van der Waals surface area contributed by atoms with E-state index in [2.05, 4.69) is 127 Å². The Balaban J connectivity index is 1.19. The van der Waals surface area contributed by atoms with Crippen molar-refractivity contribution in [3.8, 4) is 22.6 Å². The lowest BCUT2D eigenvalue weighted by molar-refractivity contribution is 0.672. The molecular weight excluding hydrogens is 574 g/mol. The van der Waals surface area contributed by atoms with Gasteiger partial charge in [-0.05, 0) is 58.7 Å². The van der Waals surface area contributed by atoms with Crippen molar-refractivity contribution in [3.05, 3.63) is 181 Å². The average molecular weight is 604 g/mol. The fourth-order valence-corrected chi connectivity index (χ4v) is 6.61. The molecule has 222 valence electrons. The van der Waals surface area contributed by atoms with Gasteiger partial charge in [-0.2, -0.15) is 0 Å². The van der Waals surface area contributed by atoms with E-state index < -0.39 is 0 Å². The van der Waals surface area contributed by atoms with Gasteiger partial charge in [0.2, 0.25) is 0 Å². The van der Waals surface area contributed by atoms with E-state index in [1.807, 2.05) is 42.5 Å². The van der Waals surface area contributed by atoms with Crippen LogP contribution in [0.25, 0.3) is 66.8 Å². The van der Waals surface area contributed by atoms with Crippen molar-refractivity contribution in [2.75, 3.05) is 0 Å². The molecule has 1 atom stereocenters. The van der Waals surface area contributed by atoms with Gasteiger partial charge in [0, 0.05) is 27.6 Å². The van der Waals surface area contributed by atoms with Gasteiger partial charge in [0.1, 0.15) is 11.2 Å². The Bertz CT molecular complexity index is 2480. The summed E-state index contributed by atoms with van der Waals surface area (Å²) in [7, 11) is 0. The number of benzene rings is 6. The first kappa shape index (κ1) is 27.1. The number of rotatable bonds is 5. The second-order valence-electron chi connectivity index (χ2n) is 11.9. The van der Waals surface area contributed by atoms with Gasteiger partial charge >= 0.3 is 0 Å². The van der Waals surface area contributed by atoms with Gasteiger partial charge in [0.05, 0.1) is 22.6 Å². The molecule has 0 saturated heterocycles. The topological polar surface area (TPSA) is 51.0 Å². The van der Waals surface area contributed by atoms with Crippen LogP contribution in [0.1, 0.15) is 22.7 Å². The summed E-state index contributed by atoms with van der Waals surface area (Å²) >= 11 is 0. The smallest absolute Gasteiger partial charge is 0.160 e. The second-order valence-corrected chi connectivity index (χ2v) is 11.9. The molecule has 1 N–H and O–H groups in total. The zero-order valence-electron chi connectivity index (χ0n) is 25.5. The molecule has 0 aliphatic carbocycles. The lowest BCUT2D eigenvalue weighted by atomic mass is 9.93. The summed E-state index contributed by atoms with van der Waals surface area (Å²) < 4.78 is 6.46. The first-order valence-corrected chi connectivity index (χ1v) is 15.9. The van der Waals surface area contributed by atoms with Crippen molar-refractivity contribution >= 4 is 44.1 Å². The molecule has 2 aromatic heterocycles. The Hall–Kier alpha value is -6.26. The quantitative estimate of drug-likeness (QED) is 0.213. The maximum atomic E-state index is 6.46. The molecule has 1 aliphatic heterocycles. The third-order valence-electron chi connectivity index (χ3n) is 8.91. The van der Waals surface area contributed by atoms with Crippen LogP contribution in [-0.2, 0) is 0 Å². The summed E-state index contributed by atoms with van der Waals surface area (Å²) in [6.07, 6.45) is 4.54. The van der Waals surface area contributed by atoms with Crippen LogP contribution in [0, 0.1) is 0 Å². The number of nitrogens with one attached hydrogen (secondary N) is 1. The van der Waals surface area contributed by atoms with Gasteiger partial charge in [-0.1, -0.05) is 127 Å². The van der Waals surface area contributed by atoms with Crippen molar-refractivity contribution in [1.82, 2.24) is 15.3 Å². The summed E-state index contributed by atoms with van der Waals surface area (Å²) in [5, 5.41) is 6.87. The molecule has 3 heterocycles. The van der Waals surface area contributed by atoms with E-state index in [0.29, 0.717) is 5.82 Å². The van der Waals surface area contributed by atoms with Crippen molar-refractivity contribution < 1.29 is 4.42 Å². The molecular formula is C43H29N3O. The SMILES string of the molecule is C1=C(c2ccccc2)C=C(c2ccccc2)NC1c1cccc(-c2nc(-c3ccccc3)c3c(ccc4c5ccccc5oc43)n2)c1. The van der Waals surface area contributed by atoms with Crippen LogP contribution in [0.3, 0.4) is 0 Å². The Kier molecular flexibility index (Phi) is 6.50. The molecule has 4 heteroatoms. The highest BCUT2D eigenvalue weighted by Gasteiger charge is 2.21. The zero-order valence-corrected chi connectivity index (χ0v) is 25.5. The van der Waals surface area contributed by atoms with Crippen molar-refractivity contribution in [2.45, 2.75) is 6.04 Å². The molecule has 9 rings (SSSR count). The van der Waals surface area contributed by atoms with Crippen molar-refractivity contribution in [3.63, 3.8) is 0 Å². The van der Waals surface area contributed by atoms with Crippen LogP contribution < -0.4 is 5.32 Å². The number of allylic oxidation sites excluding steroid dienone is 2. The lowest BCUT2D eigenvalue weighted by Gasteiger charge is -2.26. The van der Waals surface area contributed by atoms with Gasteiger partial charge in [-0.3, -0.25) is 0 Å². The van der Waals surface area contributed by atoms with Crippen LogP contribution in [0.5, 0.6) is 0 Å². The summed E-state index contributed by atoms with van der Waals surface area (Å²) in [6.45, 7) is 0. The largest absolute Gasteiger partial charge is 0.455 e. The van der Waals surface area contributed by atoms with E-state index in [0.717, 1.165) is 66.5 Å². The number of nitrogens with zero attached hydrogens (tertiary/aromatic N) is 2. The molecule has 0 bridgehead atoms. The minimum Gasteiger partial charge on any atom is -0.455 e. The van der Waals surface area contributed by atoms with Gasteiger partial charge in [0.15, 0.2) is 5.82 Å². The third-order valence-corrected chi connectivity index (χ3v) is 8.91. The van der Waals surface area contributed by atoms with Crippen LogP contribution in [0.15, 0.2) is 168 Å². The molecule has 6 aromatic carbocycles. The van der Waals surface area contributed by atoms with E-state index in [1.165, 1.54) is 11.1 Å². The minimum absolute atomic E-state index is 0.0467. The molecule has 8 aromatic rings. The molecule has 47 heavy (non-hydrogen) atoms. The summed E-state index contributed by atoms with van der Waals surface area (Å²) in [5.74, 6) is 0.676. The highest BCUT2D eigenvalue weighted by atomic mass is 16.3. The number of hydrogen-bond acceptors (Lipinski definition) is 4. The highest BCUT2D eigenvalue weighted by Crippen LogP contribution is 2.39. The second kappa shape index (κ2) is 11.3. The van der Waals surface area contributed by atoms with Crippen LogP contribution >= 0.6 is 0 Å². The predicted octanol–water partition coefficient (Wildman–Crippen LogP) is 10.6. The maximum Gasteiger partial charge on any atom is 0.160 e. The number of hydrogen-bond donors (Lipinski definition) is 1. The minimum atomic E-state index is -0.0467. The van der Waals surface area contributed by atoms with Crippen molar-refractivity contribution in [2.24, 2.45) is 0 Å². The fraction of sp³-hybridized carbons (Fsp3) is 0.0233. The number of furan rings is 1. The average Bonchev–Trinajstić information content (AvgIpc) is 3.54. The maximum absolute atomic E-state index is 6.46. The molecule has 0 saturated carbocycles. The number of aromatic nitrogens is 2. The van der Waals surface area contributed by atoms with Crippen LogP contribution in [0.4, 0.5) is 0 Å². The Morgan fingerprint density at radius 2 is 1.23 bits per heavy atom. The molecule has 4 nitrogen and oxygen atoms in total. The third kappa shape index (κ3) is 4.88. The Morgan fingerprint density at radius 3 is 2.02 bits per heavy atom. The molecule has 0 fully saturated rings. The predicted molar refractivity (Wildman–Crippen MR) is 192 cm³/mol. The molecule has 0 radical (unpaired) electrons. The summed E-state index contributed by atoms with van der Waals surface area (Å²) in [5.41, 5.74) is 11.1. The molecule has 1 aliphatic rings. The molecule has 1 unspecified atom stereocenters. The lowest BCUT2D eigenvalue weighted by Crippen LogP contribution is -2.21. The van der Waals surface area contributed by atoms with E-state index >= 15 is 0 Å². The van der Waals surface area contributed by atoms with Gasteiger partial charge in [-0.25, -0.2) is 9.97 Å². The first-order chi connectivity index (χ1) is 23.3. The summed E-state index contributed by atoms with van der Waals surface area (Å²) in [4.78, 5) is 10.4. The van der Waals surface area contributed by atoms with E-state index in [1.54, 1.807) is 0 Å². The summed E-state index contributed by atoms with van der Waals surface area (Å²) in [6, 6.07) is 52.3. The fourth-order valence-electron chi connectivity index (χ4n) is 6.61. The van der Waals surface area contributed by atoms with E-state index in [-0.39, 0.29) is 6.04 Å². The van der Waals surface area contributed by atoms with Gasteiger partial charge in [-0.15, -0.1) is 0 Å². The zero-order chi connectivity index (χ0) is 31.2. The van der Waals surface area contributed by atoms with E-state index in [4.69, 9.17) is 14.4 Å². The first-order valence-electron chi connectivity index (χ1n) is 15.9. The standard InChI is InChI=1S/C43H29N3O/c1-4-13-28(14-5-1)33-26-37(29-15-6-2-7-16-29)44-38(27-33)31-19-12-20-32(25-31)43-45-36-24-23-35-34-21-10-11-22-39(34)47-42(35)40(36)41(46-43)30-17-8-3-9-18-30/h1-27,38,44H. The number of dihydropyridines is 1. The monoisotopic (exact) mass is 603 g/mol. The normalized spacial score (nSPS) is 14.6. The van der Waals surface area contributed by atoms with Crippen LogP contribution in [0.2, 0.25) is 0 Å². The number of fused-ring (bicyclic) bond motifs is 5. The van der Waals surface area contributed by atoms with Gasteiger partial charge < -0.3 is 9.73 Å². The Morgan fingerprint density at radius 1 is 0.553 bits per heavy atom. The highest BCUT2D eigenvalue weighted by molar-refractivity contribution is 6.17. The van der Waals surface area contributed by atoms with Crippen molar-refractivity contribution in [1.29, 1.82) is 0 Å².